The molecular formula is C19H19Br2N3O3. The minimum atomic E-state index is -0.519. The van der Waals surface area contributed by atoms with Gasteiger partial charge in [-0.1, -0.05) is 44.0 Å². The zero-order valence-electron chi connectivity index (χ0n) is 15.1. The average Bonchev–Trinajstić information content (AvgIpc) is 2.94. The van der Waals surface area contributed by atoms with Crippen LogP contribution < -0.4 is 10.7 Å². The van der Waals surface area contributed by atoms with Crippen molar-refractivity contribution in [2.75, 3.05) is 5.32 Å². The maximum Gasteiger partial charge on any atom is 0.291 e. The number of hydrogen-bond acceptors (Lipinski definition) is 4. The van der Waals surface area contributed by atoms with Crippen LogP contribution in [0.2, 0.25) is 0 Å². The third-order valence-corrected chi connectivity index (χ3v) is 6.92. The summed E-state index contributed by atoms with van der Waals surface area (Å²) in [5.41, 5.74) is 4.25. The molecule has 2 aromatic rings. The first-order chi connectivity index (χ1) is 12.6. The zero-order valence-corrected chi connectivity index (χ0v) is 18.3. The third kappa shape index (κ3) is 4.16. The molecule has 1 aromatic heterocycles. The maximum atomic E-state index is 12.3. The monoisotopic (exact) mass is 495 g/mol. The number of amides is 2. The number of hydrogen-bond donors (Lipinski definition) is 2. The molecule has 2 amide bonds. The van der Waals surface area contributed by atoms with Gasteiger partial charge in [-0.15, -0.1) is 0 Å². The highest BCUT2D eigenvalue weighted by Crippen LogP contribution is 2.66. The summed E-state index contributed by atoms with van der Waals surface area (Å²) in [6, 6.07) is 10.6. The van der Waals surface area contributed by atoms with E-state index in [1.165, 1.54) is 0 Å². The van der Waals surface area contributed by atoms with Crippen molar-refractivity contribution in [1.82, 2.24) is 5.43 Å². The van der Waals surface area contributed by atoms with E-state index < -0.39 is 5.41 Å². The fourth-order valence-corrected chi connectivity index (χ4v) is 3.99. The highest BCUT2D eigenvalue weighted by atomic mass is 79.9. The predicted octanol–water partition coefficient (Wildman–Crippen LogP) is 4.58. The fourth-order valence-electron chi connectivity index (χ4n) is 2.51. The average molecular weight is 497 g/mol. The van der Waals surface area contributed by atoms with E-state index in [0.717, 1.165) is 5.56 Å². The summed E-state index contributed by atoms with van der Waals surface area (Å²) >= 11 is 6.95. The van der Waals surface area contributed by atoms with Crippen LogP contribution in [0, 0.1) is 12.3 Å². The number of halogens is 2. The largest absolute Gasteiger partial charge is 0.456 e. The van der Waals surface area contributed by atoms with E-state index in [-0.39, 0.29) is 20.8 Å². The van der Waals surface area contributed by atoms with Crippen LogP contribution in [0.15, 0.2) is 45.9 Å². The molecular weight excluding hydrogens is 478 g/mol. The van der Waals surface area contributed by atoms with Gasteiger partial charge in [0.25, 0.3) is 5.91 Å². The summed E-state index contributed by atoms with van der Waals surface area (Å²) in [6.45, 7) is 5.46. The van der Waals surface area contributed by atoms with Crippen LogP contribution >= 0.6 is 31.9 Å². The summed E-state index contributed by atoms with van der Waals surface area (Å²) in [4.78, 5) is 24.3. The standard InChI is InChI=1S/C19H19Br2N3O3/c1-11-4-9-15(27-11)16(25)22-14-7-5-13(6-8-14)12(2)23-24-17(26)18(3)10-19(18,20)21/h4-9H,10H2,1-3H3,(H,22,25)(H,24,26). The van der Waals surface area contributed by atoms with Gasteiger partial charge in [-0.2, -0.15) is 5.10 Å². The smallest absolute Gasteiger partial charge is 0.291 e. The van der Waals surface area contributed by atoms with E-state index in [9.17, 15) is 9.59 Å². The number of hydrazone groups is 1. The number of anilines is 1. The van der Waals surface area contributed by atoms with Crippen LogP contribution in [0.4, 0.5) is 5.69 Å². The molecule has 0 bridgehead atoms. The lowest BCUT2D eigenvalue weighted by Gasteiger charge is -2.11. The van der Waals surface area contributed by atoms with Crippen molar-refractivity contribution in [3.05, 3.63) is 53.5 Å². The van der Waals surface area contributed by atoms with Gasteiger partial charge in [0.1, 0.15) is 5.76 Å². The number of alkyl halides is 2. The summed E-state index contributed by atoms with van der Waals surface area (Å²) in [5, 5.41) is 6.95. The highest BCUT2D eigenvalue weighted by molar-refractivity contribution is 9.25. The third-order valence-electron chi connectivity index (χ3n) is 4.61. The highest BCUT2D eigenvalue weighted by Gasteiger charge is 2.66. The normalized spacial score (nSPS) is 20.9. The molecule has 2 N–H and O–H groups in total. The first kappa shape index (κ1) is 19.8. The van der Waals surface area contributed by atoms with E-state index in [1.807, 2.05) is 26.0 Å². The van der Waals surface area contributed by atoms with Crippen LogP contribution in [-0.2, 0) is 4.79 Å². The second-order valence-electron chi connectivity index (χ2n) is 6.79. The van der Waals surface area contributed by atoms with Crippen LogP contribution in [0.1, 0.15) is 42.1 Å². The Morgan fingerprint density at radius 3 is 2.30 bits per heavy atom. The SMILES string of the molecule is CC(=NNC(=O)C1(C)CC1(Br)Br)c1ccc(NC(=O)c2ccc(C)o2)cc1. The minimum absolute atomic E-state index is 0.145. The molecule has 0 radical (unpaired) electrons. The van der Waals surface area contributed by atoms with Crippen LogP contribution in [0.25, 0.3) is 0 Å². The molecule has 1 aliphatic rings. The first-order valence-corrected chi connectivity index (χ1v) is 9.92. The van der Waals surface area contributed by atoms with Gasteiger partial charge in [0.05, 0.1) is 14.4 Å². The van der Waals surface area contributed by atoms with Gasteiger partial charge in [0, 0.05) is 5.69 Å². The molecule has 1 unspecified atom stereocenters. The van der Waals surface area contributed by atoms with Crippen molar-refractivity contribution in [3.8, 4) is 0 Å². The number of carbonyl (C=O) groups is 2. The van der Waals surface area contributed by atoms with Crippen molar-refractivity contribution >= 4 is 55.1 Å². The fraction of sp³-hybridized carbons (Fsp3) is 0.316. The molecule has 142 valence electrons. The van der Waals surface area contributed by atoms with Crippen molar-refractivity contribution in [3.63, 3.8) is 0 Å². The Balaban J connectivity index is 1.61. The molecule has 3 rings (SSSR count). The van der Waals surface area contributed by atoms with E-state index in [2.05, 4.69) is 47.7 Å². The van der Waals surface area contributed by atoms with Gasteiger partial charge in [-0.25, -0.2) is 5.43 Å². The Bertz CT molecular complexity index is 919. The Kier molecular flexibility index (Phi) is 5.31. The zero-order chi connectivity index (χ0) is 19.8. The molecule has 1 saturated carbocycles. The summed E-state index contributed by atoms with van der Waals surface area (Å²) in [5.74, 6) is 0.495. The van der Waals surface area contributed by atoms with E-state index in [4.69, 9.17) is 4.42 Å². The molecule has 8 heteroatoms. The summed E-state index contributed by atoms with van der Waals surface area (Å²) in [6.07, 6.45) is 0.698. The van der Waals surface area contributed by atoms with Crippen molar-refractivity contribution in [2.45, 2.75) is 30.4 Å². The molecule has 0 saturated heterocycles. The molecule has 1 heterocycles. The number of benzene rings is 1. The van der Waals surface area contributed by atoms with E-state index in [0.29, 0.717) is 23.6 Å². The summed E-state index contributed by atoms with van der Waals surface area (Å²) in [7, 11) is 0. The molecule has 27 heavy (non-hydrogen) atoms. The quantitative estimate of drug-likeness (QED) is 0.361. The lowest BCUT2D eigenvalue weighted by molar-refractivity contribution is -0.125. The number of carbonyl (C=O) groups excluding carboxylic acids is 2. The Labute approximate surface area is 174 Å². The summed E-state index contributed by atoms with van der Waals surface area (Å²) < 4.78 is 4.95. The minimum Gasteiger partial charge on any atom is -0.456 e. The van der Waals surface area contributed by atoms with Crippen LogP contribution in [-0.4, -0.2) is 20.8 Å². The second kappa shape index (κ2) is 7.24. The number of nitrogens with one attached hydrogen (secondary N) is 2. The van der Waals surface area contributed by atoms with Gasteiger partial charge in [0.15, 0.2) is 5.76 Å². The molecule has 6 nitrogen and oxygen atoms in total. The topological polar surface area (TPSA) is 83.7 Å². The lowest BCUT2D eigenvalue weighted by Crippen LogP contribution is -2.30. The van der Waals surface area contributed by atoms with Gasteiger partial charge < -0.3 is 9.73 Å². The first-order valence-electron chi connectivity index (χ1n) is 8.33. The van der Waals surface area contributed by atoms with Crippen LogP contribution in [0.5, 0.6) is 0 Å². The molecule has 1 aliphatic carbocycles. The molecule has 0 aliphatic heterocycles. The second-order valence-corrected chi connectivity index (χ2v) is 10.6. The van der Waals surface area contributed by atoms with Gasteiger partial charge in [-0.05, 0) is 57.0 Å². The number of nitrogens with zero attached hydrogens (tertiary/aromatic N) is 1. The van der Waals surface area contributed by atoms with Gasteiger partial charge in [-0.3, -0.25) is 9.59 Å². The Morgan fingerprint density at radius 1 is 1.15 bits per heavy atom. The van der Waals surface area contributed by atoms with Crippen LogP contribution in [0.3, 0.4) is 0 Å². The predicted molar refractivity (Wildman–Crippen MR) is 112 cm³/mol. The molecule has 1 aromatic carbocycles. The molecule has 1 fully saturated rings. The van der Waals surface area contributed by atoms with Gasteiger partial charge >= 0.3 is 0 Å². The van der Waals surface area contributed by atoms with Crippen molar-refractivity contribution in [2.24, 2.45) is 10.5 Å². The number of aryl methyl sites for hydroxylation is 1. The van der Waals surface area contributed by atoms with Gasteiger partial charge in [0.2, 0.25) is 5.91 Å². The Morgan fingerprint density at radius 2 is 1.78 bits per heavy atom. The van der Waals surface area contributed by atoms with Crippen molar-refractivity contribution in [1.29, 1.82) is 0 Å². The maximum absolute atomic E-state index is 12.3. The molecule has 0 spiro atoms. The van der Waals surface area contributed by atoms with Crippen molar-refractivity contribution < 1.29 is 14.0 Å². The van der Waals surface area contributed by atoms with E-state index in [1.54, 1.807) is 31.2 Å². The number of rotatable bonds is 5. The lowest BCUT2D eigenvalue weighted by atomic mass is 10.1. The van der Waals surface area contributed by atoms with E-state index >= 15 is 0 Å². The molecule has 1 atom stereocenters. The number of furan rings is 1. The Hall–Kier alpha value is -1.93.